The predicted molar refractivity (Wildman–Crippen MR) is 70.5 cm³/mol. The Hall–Kier alpha value is -1.74. The Kier molecular flexibility index (Phi) is 5.20. The van der Waals surface area contributed by atoms with Crippen LogP contribution in [0.25, 0.3) is 0 Å². The summed E-state index contributed by atoms with van der Waals surface area (Å²) >= 11 is 0. The summed E-state index contributed by atoms with van der Waals surface area (Å²) < 4.78 is 71.9. The van der Waals surface area contributed by atoms with Crippen LogP contribution in [0.5, 0.6) is 0 Å². The summed E-state index contributed by atoms with van der Waals surface area (Å²) in [6, 6.07) is -0.433. The quantitative estimate of drug-likeness (QED) is 0.858. The molecule has 23 heavy (non-hydrogen) atoms. The van der Waals surface area contributed by atoms with Crippen LogP contribution in [0, 0.1) is 11.6 Å². The molecule has 2 atom stereocenters. The normalized spacial score (nSPS) is 21.0. The van der Waals surface area contributed by atoms with Crippen LogP contribution in [0.4, 0.5) is 22.0 Å². The lowest BCUT2D eigenvalue weighted by Crippen LogP contribution is -2.51. The molecule has 9 heteroatoms. The topological polar surface area (TPSA) is 41.6 Å². The van der Waals surface area contributed by atoms with E-state index < -0.39 is 41.4 Å². The van der Waals surface area contributed by atoms with Gasteiger partial charge in [0.15, 0.2) is 6.04 Å². The number of alkyl halides is 3. The highest BCUT2D eigenvalue weighted by atomic mass is 19.4. The summed E-state index contributed by atoms with van der Waals surface area (Å²) in [6.45, 7) is 0.809. The molecule has 1 aromatic carbocycles. The van der Waals surface area contributed by atoms with Crippen molar-refractivity contribution in [1.29, 1.82) is 0 Å². The number of carbonyl (C=O) groups is 1. The first kappa shape index (κ1) is 17.6. The van der Waals surface area contributed by atoms with Crippen molar-refractivity contribution in [3.63, 3.8) is 0 Å². The second kappa shape index (κ2) is 6.79. The Labute approximate surface area is 129 Å². The molecule has 1 heterocycles. The SMILES string of the molecule is CN1CCO[C@H](C(=O)N[C@H](c2c(F)cccc2F)C(F)(F)F)C1. The number of benzene rings is 1. The fraction of sp³-hybridized carbons (Fsp3) is 0.500. The van der Waals surface area contributed by atoms with E-state index in [1.807, 2.05) is 0 Å². The van der Waals surface area contributed by atoms with Crippen LogP contribution in [0.2, 0.25) is 0 Å². The molecule has 2 rings (SSSR count). The maximum atomic E-state index is 13.7. The van der Waals surface area contributed by atoms with Crippen LogP contribution < -0.4 is 5.32 Å². The standard InChI is InChI=1S/C14H15F5N2O2/c1-21-5-6-23-10(7-21)13(22)20-12(14(17,18)19)11-8(15)3-2-4-9(11)16/h2-4,10,12H,5-7H2,1H3,(H,20,22)/t10-,12+/m0/s1. The van der Waals surface area contributed by atoms with Crippen molar-refractivity contribution in [2.24, 2.45) is 0 Å². The fourth-order valence-electron chi connectivity index (χ4n) is 2.28. The molecule has 1 aromatic rings. The van der Waals surface area contributed by atoms with Gasteiger partial charge in [0.25, 0.3) is 5.91 Å². The molecule has 1 fully saturated rings. The Balaban J connectivity index is 2.25. The first-order chi connectivity index (χ1) is 10.7. The number of morpholine rings is 1. The van der Waals surface area contributed by atoms with Gasteiger partial charge < -0.3 is 15.0 Å². The zero-order valence-electron chi connectivity index (χ0n) is 12.2. The molecule has 128 valence electrons. The van der Waals surface area contributed by atoms with Gasteiger partial charge in [-0.25, -0.2) is 8.78 Å². The van der Waals surface area contributed by atoms with E-state index in [0.717, 1.165) is 6.07 Å². The molecule has 1 N–H and O–H groups in total. The largest absolute Gasteiger partial charge is 0.413 e. The third kappa shape index (κ3) is 4.17. The van der Waals surface area contributed by atoms with E-state index in [-0.39, 0.29) is 13.2 Å². The highest BCUT2D eigenvalue weighted by Crippen LogP contribution is 2.35. The summed E-state index contributed by atoms with van der Waals surface area (Å²) in [7, 11) is 1.68. The molecule has 1 amide bonds. The summed E-state index contributed by atoms with van der Waals surface area (Å²) in [5.41, 5.74) is -1.24. The smallest absolute Gasteiger partial charge is 0.366 e. The van der Waals surface area contributed by atoms with Gasteiger partial charge in [0.2, 0.25) is 0 Å². The van der Waals surface area contributed by atoms with Crippen molar-refractivity contribution in [3.05, 3.63) is 35.4 Å². The number of halogens is 5. The maximum absolute atomic E-state index is 13.7. The molecule has 0 aliphatic carbocycles. The molecular formula is C14H15F5N2O2. The van der Waals surface area contributed by atoms with E-state index >= 15 is 0 Å². The molecule has 1 saturated heterocycles. The van der Waals surface area contributed by atoms with Crippen molar-refractivity contribution < 1.29 is 31.5 Å². The number of hydrogen-bond acceptors (Lipinski definition) is 3. The molecule has 0 radical (unpaired) electrons. The van der Waals surface area contributed by atoms with E-state index in [9.17, 15) is 26.7 Å². The number of likely N-dealkylation sites (N-methyl/N-ethyl adjacent to an activating group) is 1. The summed E-state index contributed by atoms with van der Waals surface area (Å²) in [6.07, 6.45) is -6.19. The second-order valence-corrected chi connectivity index (χ2v) is 5.24. The number of nitrogens with one attached hydrogen (secondary N) is 1. The highest BCUT2D eigenvalue weighted by Gasteiger charge is 2.45. The van der Waals surface area contributed by atoms with Gasteiger partial charge in [0.1, 0.15) is 17.7 Å². The van der Waals surface area contributed by atoms with E-state index in [1.54, 1.807) is 17.3 Å². The molecule has 1 aliphatic heterocycles. The Bertz CT molecular complexity index is 559. The van der Waals surface area contributed by atoms with Crippen molar-refractivity contribution in [2.75, 3.05) is 26.7 Å². The van der Waals surface area contributed by atoms with E-state index in [1.165, 1.54) is 0 Å². The van der Waals surface area contributed by atoms with Crippen LogP contribution in [-0.2, 0) is 9.53 Å². The first-order valence-electron chi connectivity index (χ1n) is 6.81. The van der Waals surface area contributed by atoms with Gasteiger partial charge in [-0.05, 0) is 19.2 Å². The van der Waals surface area contributed by atoms with Gasteiger partial charge in [-0.1, -0.05) is 6.07 Å². The minimum Gasteiger partial charge on any atom is -0.366 e. The number of carbonyl (C=O) groups excluding carboxylic acids is 1. The van der Waals surface area contributed by atoms with E-state index in [4.69, 9.17) is 4.74 Å². The molecule has 4 nitrogen and oxygen atoms in total. The van der Waals surface area contributed by atoms with Crippen LogP contribution in [0.3, 0.4) is 0 Å². The van der Waals surface area contributed by atoms with Crippen molar-refractivity contribution in [2.45, 2.75) is 18.3 Å². The molecule has 0 spiro atoms. The second-order valence-electron chi connectivity index (χ2n) is 5.24. The van der Waals surface area contributed by atoms with Crippen LogP contribution in [-0.4, -0.2) is 49.8 Å². The predicted octanol–water partition coefficient (Wildman–Crippen LogP) is 2.01. The monoisotopic (exact) mass is 338 g/mol. The minimum absolute atomic E-state index is 0.0934. The molecule has 0 unspecified atom stereocenters. The number of amides is 1. The molecule has 0 saturated carbocycles. The van der Waals surface area contributed by atoms with E-state index in [2.05, 4.69) is 0 Å². The lowest BCUT2D eigenvalue weighted by molar-refractivity contribution is -0.169. The fourth-order valence-corrected chi connectivity index (χ4v) is 2.28. The van der Waals surface area contributed by atoms with Crippen LogP contribution >= 0.6 is 0 Å². The highest BCUT2D eigenvalue weighted by molar-refractivity contribution is 5.81. The van der Waals surface area contributed by atoms with Gasteiger partial charge in [0.05, 0.1) is 12.2 Å². The Morgan fingerprint density at radius 2 is 1.96 bits per heavy atom. The van der Waals surface area contributed by atoms with Crippen molar-refractivity contribution in [1.82, 2.24) is 10.2 Å². The Morgan fingerprint density at radius 3 is 2.48 bits per heavy atom. The van der Waals surface area contributed by atoms with E-state index in [0.29, 0.717) is 18.7 Å². The summed E-state index contributed by atoms with van der Waals surface area (Å²) in [5.74, 6) is -3.83. The third-order valence-corrected chi connectivity index (χ3v) is 3.46. The summed E-state index contributed by atoms with van der Waals surface area (Å²) in [4.78, 5) is 13.7. The lowest BCUT2D eigenvalue weighted by atomic mass is 10.0. The Morgan fingerprint density at radius 1 is 1.35 bits per heavy atom. The molecular weight excluding hydrogens is 323 g/mol. The number of nitrogens with zero attached hydrogens (tertiary/aromatic N) is 1. The zero-order valence-corrected chi connectivity index (χ0v) is 12.2. The molecule has 1 aliphatic rings. The lowest BCUT2D eigenvalue weighted by Gasteiger charge is -2.31. The van der Waals surface area contributed by atoms with Gasteiger partial charge >= 0.3 is 6.18 Å². The first-order valence-corrected chi connectivity index (χ1v) is 6.81. The molecule has 0 bridgehead atoms. The number of hydrogen-bond donors (Lipinski definition) is 1. The van der Waals surface area contributed by atoms with Crippen LogP contribution in [0.15, 0.2) is 18.2 Å². The molecule has 0 aromatic heterocycles. The summed E-state index contributed by atoms with van der Waals surface area (Å²) in [5, 5.41) is 1.65. The maximum Gasteiger partial charge on any atom is 0.413 e. The number of ether oxygens (including phenoxy) is 1. The van der Waals surface area contributed by atoms with Gasteiger partial charge in [-0.3, -0.25) is 4.79 Å². The average Bonchev–Trinajstić information content (AvgIpc) is 2.44. The van der Waals surface area contributed by atoms with Crippen LogP contribution in [0.1, 0.15) is 11.6 Å². The minimum atomic E-state index is -5.06. The van der Waals surface area contributed by atoms with Crippen molar-refractivity contribution >= 4 is 5.91 Å². The van der Waals surface area contributed by atoms with Gasteiger partial charge in [-0.15, -0.1) is 0 Å². The van der Waals surface area contributed by atoms with Gasteiger partial charge in [-0.2, -0.15) is 13.2 Å². The van der Waals surface area contributed by atoms with Crippen molar-refractivity contribution in [3.8, 4) is 0 Å². The zero-order chi connectivity index (χ0) is 17.2. The van der Waals surface area contributed by atoms with Gasteiger partial charge in [0, 0.05) is 13.1 Å². The number of rotatable bonds is 3. The average molecular weight is 338 g/mol. The third-order valence-electron chi connectivity index (χ3n) is 3.46.